The molecule has 0 aliphatic heterocycles. The number of benzene rings is 10. The average molecular weight is 885 g/mol. The maximum absolute atomic E-state index is 5.34. The molecule has 0 aliphatic carbocycles. The first-order valence-corrected chi connectivity index (χ1v) is 23.7. The molecule has 0 atom stereocenters. The Morgan fingerprint density at radius 2 is 0.794 bits per heavy atom. The van der Waals surface area contributed by atoms with Crippen LogP contribution in [0.25, 0.3) is 126 Å². The lowest BCUT2D eigenvalue weighted by atomic mass is 9.89. The molecule has 0 fully saturated rings. The number of rotatable bonds is 8. The third-order valence-electron chi connectivity index (χ3n) is 13.1. The van der Waals surface area contributed by atoms with Gasteiger partial charge in [-0.2, -0.15) is 0 Å². The van der Waals surface area contributed by atoms with Crippen molar-refractivity contribution in [2.24, 2.45) is 0 Å². The van der Waals surface area contributed by atoms with Crippen LogP contribution in [0.1, 0.15) is 0 Å². The van der Waals surface area contributed by atoms with Crippen molar-refractivity contribution in [3.05, 3.63) is 243 Å². The van der Waals surface area contributed by atoms with Gasteiger partial charge in [0.2, 0.25) is 0 Å². The zero-order valence-electron chi connectivity index (χ0n) is 36.8. The first-order valence-electron chi connectivity index (χ1n) is 22.9. The zero-order chi connectivity index (χ0) is 45.0. The highest BCUT2D eigenvalue weighted by molar-refractivity contribution is 7.26. The maximum atomic E-state index is 5.34. The molecule has 0 amide bonds. The summed E-state index contributed by atoms with van der Waals surface area (Å²) in [5.41, 5.74) is 15.4. The van der Waals surface area contributed by atoms with Gasteiger partial charge in [-0.05, 0) is 81.4 Å². The first kappa shape index (κ1) is 39.6. The largest absolute Gasteiger partial charge is 0.309 e. The summed E-state index contributed by atoms with van der Waals surface area (Å²) in [4.78, 5) is 15.8. The number of nitrogens with zero attached hydrogens (tertiary/aromatic N) is 4. The van der Waals surface area contributed by atoms with Crippen molar-refractivity contribution in [3.8, 4) is 84.4 Å². The number of hydrogen-bond donors (Lipinski definition) is 0. The van der Waals surface area contributed by atoms with E-state index >= 15 is 0 Å². The van der Waals surface area contributed by atoms with Crippen molar-refractivity contribution in [1.82, 2.24) is 19.5 Å². The molecule has 13 rings (SSSR count). The molecule has 4 nitrogen and oxygen atoms in total. The van der Waals surface area contributed by atoms with Crippen LogP contribution >= 0.6 is 11.3 Å². The molecule has 10 aromatic carbocycles. The normalized spacial score (nSPS) is 11.5. The smallest absolute Gasteiger partial charge is 0.164 e. The van der Waals surface area contributed by atoms with E-state index in [1.54, 1.807) is 0 Å². The quantitative estimate of drug-likeness (QED) is 0.153. The Hall–Kier alpha value is -8.77. The fourth-order valence-corrected chi connectivity index (χ4v) is 11.1. The molecule has 3 aromatic heterocycles. The van der Waals surface area contributed by atoms with Crippen LogP contribution in [-0.2, 0) is 0 Å². The number of hydrogen-bond acceptors (Lipinski definition) is 4. The Morgan fingerprint density at radius 3 is 1.44 bits per heavy atom. The average Bonchev–Trinajstić information content (AvgIpc) is 3.96. The Morgan fingerprint density at radius 1 is 0.279 bits per heavy atom. The van der Waals surface area contributed by atoms with Crippen molar-refractivity contribution in [1.29, 1.82) is 0 Å². The Balaban J connectivity index is 1.06. The second-order valence-electron chi connectivity index (χ2n) is 17.1. The van der Waals surface area contributed by atoms with Crippen molar-refractivity contribution < 1.29 is 0 Å². The molecule has 0 unspecified atom stereocenters. The molecule has 0 radical (unpaired) electrons. The monoisotopic (exact) mass is 884 g/mol. The molecule has 0 N–H and O–H groups in total. The van der Waals surface area contributed by atoms with Crippen LogP contribution in [0.3, 0.4) is 0 Å². The van der Waals surface area contributed by atoms with E-state index in [1.807, 2.05) is 47.7 Å². The Kier molecular flexibility index (Phi) is 9.66. The molecule has 0 bridgehead atoms. The minimum Gasteiger partial charge on any atom is -0.309 e. The summed E-state index contributed by atoms with van der Waals surface area (Å²) >= 11 is 1.85. The molecule has 3 heterocycles. The number of fused-ring (bicyclic) bond motifs is 6. The lowest BCUT2D eigenvalue weighted by Crippen LogP contribution is -2.01. The topological polar surface area (TPSA) is 43.6 Å². The second kappa shape index (κ2) is 16.6. The van der Waals surface area contributed by atoms with Gasteiger partial charge in [0.05, 0.1) is 11.0 Å². The van der Waals surface area contributed by atoms with Gasteiger partial charge >= 0.3 is 0 Å². The van der Waals surface area contributed by atoms with Crippen molar-refractivity contribution >= 4 is 53.3 Å². The molecule has 0 saturated carbocycles. The lowest BCUT2D eigenvalue weighted by molar-refractivity contribution is 1.07. The van der Waals surface area contributed by atoms with Gasteiger partial charge in [-0.3, -0.25) is 0 Å². The molecular formula is C63H40N4S. The summed E-state index contributed by atoms with van der Waals surface area (Å²) in [6, 6.07) is 86.4. The molecule has 13 aromatic rings. The minimum atomic E-state index is 0.617. The van der Waals surface area contributed by atoms with Crippen LogP contribution < -0.4 is 0 Å². The zero-order valence-corrected chi connectivity index (χ0v) is 37.6. The highest BCUT2D eigenvalue weighted by atomic mass is 32.1. The van der Waals surface area contributed by atoms with Gasteiger partial charge in [-0.1, -0.05) is 200 Å². The molecular weight excluding hydrogens is 845 g/mol. The summed E-state index contributed by atoms with van der Waals surface area (Å²) < 4.78 is 4.86. The molecule has 68 heavy (non-hydrogen) atoms. The summed E-state index contributed by atoms with van der Waals surface area (Å²) in [7, 11) is 0. The number of aromatic nitrogens is 4. The summed E-state index contributed by atoms with van der Waals surface area (Å²) in [5, 5.41) is 4.96. The van der Waals surface area contributed by atoms with Crippen LogP contribution in [0, 0.1) is 0 Å². The third-order valence-corrected chi connectivity index (χ3v) is 14.3. The predicted molar refractivity (Wildman–Crippen MR) is 285 cm³/mol. The van der Waals surface area contributed by atoms with Gasteiger partial charge in [-0.25, -0.2) is 15.0 Å². The lowest BCUT2D eigenvalue weighted by Gasteiger charge is -2.16. The maximum Gasteiger partial charge on any atom is 0.164 e. The molecule has 0 aliphatic rings. The van der Waals surface area contributed by atoms with E-state index in [-0.39, 0.29) is 0 Å². The van der Waals surface area contributed by atoms with Crippen molar-refractivity contribution in [3.63, 3.8) is 0 Å². The van der Waals surface area contributed by atoms with Gasteiger partial charge in [-0.15, -0.1) is 11.3 Å². The van der Waals surface area contributed by atoms with Crippen LogP contribution in [0.4, 0.5) is 0 Å². The van der Waals surface area contributed by atoms with Crippen LogP contribution in [0.15, 0.2) is 243 Å². The standard InChI is InChI=1S/C63H40N4S/c1-6-19-41(20-7-1)48-35-33-45(37-53(48)42-21-8-2-9-22-42)46-34-36-49(56(38-46)63-65-61(43-23-10-3-11-24-43)64-62(66-63)44-25-12-4-13-26-44)51-30-18-31-52-55-39-54-50-29-16-17-32-57(50)67(47-27-14-5-15-28-47)58(54)40-59(55)68-60(51)52/h1-40H. The third kappa shape index (κ3) is 6.88. The van der Waals surface area contributed by atoms with E-state index < -0.39 is 0 Å². The predicted octanol–water partition coefficient (Wildman–Crippen LogP) is 17.0. The minimum absolute atomic E-state index is 0.617. The van der Waals surface area contributed by atoms with Crippen LogP contribution in [-0.4, -0.2) is 19.5 Å². The molecule has 0 saturated heterocycles. The van der Waals surface area contributed by atoms with E-state index in [0.717, 1.165) is 44.6 Å². The van der Waals surface area contributed by atoms with Crippen molar-refractivity contribution in [2.75, 3.05) is 0 Å². The SMILES string of the molecule is c1ccc(-c2nc(-c3ccccc3)nc(-c3cc(-c4ccc(-c5ccccc5)c(-c5ccccc5)c4)ccc3-c3cccc4c3sc3cc5c(cc34)c3ccccc3n5-c3ccccc3)n2)cc1. The van der Waals surface area contributed by atoms with E-state index in [1.165, 1.54) is 64.2 Å². The van der Waals surface area contributed by atoms with E-state index in [9.17, 15) is 0 Å². The highest BCUT2D eigenvalue weighted by Gasteiger charge is 2.22. The van der Waals surface area contributed by atoms with Gasteiger partial charge in [0.1, 0.15) is 0 Å². The molecule has 0 spiro atoms. The molecule has 318 valence electrons. The highest BCUT2D eigenvalue weighted by Crippen LogP contribution is 2.46. The van der Waals surface area contributed by atoms with Crippen LogP contribution in [0.5, 0.6) is 0 Å². The van der Waals surface area contributed by atoms with Gasteiger partial charge < -0.3 is 4.57 Å². The summed E-state index contributed by atoms with van der Waals surface area (Å²) in [6.45, 7) is 0. The van der Waals surface area contributed by atoms with Gasteiger partial charge in [0, 0.05) is 58.9 Å². The first-order chi connectivity index (χ1) is 33.7. The van der Waals surface area contributed by atoms with E-state index in [0.29, 0.717) is 17.5 Å². The van der Waals surface area contributed by atoms with Crippen molar-refractivity contribution in [2.45, 2.75) is 0 Å². The second-order valence-corrected chi connectivity index (χ2v) is 18.2. The van der Waals surface area contributed by atoms with E-state index in [4.69, 9.17) is 15.0 Å². The Bertz CT molecular complexity index is 3940. The van der Waals surface area contributed by atoms with Gasteiger partial charge in [0.25, 0.3) is 0 Å². The van der Waals surface area contributed by atoms with Gasteiger partial charge in [0.15, 0.2) is 17.5 Å². The number of thiophene rings is 1. The van der Waals surface area contributed by atoms with Crippen LogP contribution in [0.2, 0.25) is 0 Å². The molecule has 5 heteroatoms. The summed E-state index contributed by atoms with van der Waals surface area (Å²) in [6.07, 6.45) is 0. The van der Waals surface area contributed by atoms with E-state index in [2.05, 4.69) is 211 Å². The Labute approximate surface area is 397 Å². The fourth-order valence-electron chi connectivity index (χ4n) is 9.85. The summed E-state index contributed by atoms with van der Waals surface area (Å²) in [5.74, 6) is 1.87. The fraction of sp³-hybridized carbons (Fsp3) is 0. The number of para-hydroxylation sites is 2.